The summed E-state index contributed by atoms with van der Waals surface area (Å²) in [4.78, 5) is 4.34. The first-order valence-electron chi connectivity index (χ1n) is 7.97. The summed E-state index contributed by atoms with van der Waals surface area (Å²) in [5.41, 5.74) is 9.77. The van der Waals surface area contributed by atoms with Crippen molar-refractivity contribution in [3.8, 4) is 11.3 Å². The van der Waals surface area contributed by atoms with Crippen LogP contribution in [-0.4, -0.2) is 17.6 Å². The number of benzene rings is 2. The lowest BCUT2D eigenvalue weighted by molar-refractivity contribution is 0.627. The summed E-state index contributed by atoms with van der Waals surface area (Å²) in [5.74, 6) is -0.284. The number of rotatable bonds is 6. The molecule has 3 nitrogen and oxygen atoms in total. The summed E-state index contributed by atoms with van der Waals surface area (Å²) in [6.07, 6.45) is 2.49. The van der Waals surface area contributed by atoms with E-state index in [2.05, 4.69) is 22.4 Å². The van der Waals surface area contributed by atoms with E-state index < -0.39 is 0 Å². The molecule has 122 valence electrons. The third-order valence-electron chi connectivity index (χ3n) is 3.82. The van der Waals surface area contributed by atoms with Gasteiger partial charge >= 0.3 is 0 Å². The van der Waals surface area contributed by atoms with Crippen molar-refractivity contribution in [2.75, 3.05) is 11.9 Å². The van der Waals surface area contributed by atoms with Gasteiger partial charge in [-0.05, 0) is 42.3 Å². The van der Waals surface area contributed by atoms with Crippen molar-refractivity contribution in [2.24, 2.45) is 5.73 Å². The van der Waals surface area contributed by atoms with Gasteiger partial charge in [-0.25, -0.2) is 4.39 Å². The molecule has 3 rings (SSSR count). The maximum absolute atomic E-state index is 13.6. The molecule has 0 saturated heterocycles. The van der Waals surface area contributed by atoms with Gasteiger partial charge in [0.15, 0.2) is 0 Å². The van der Waals surface area contributed by atoms with E-state index in [1.807, 2.05) is 36.4 Å². The Labute approximate surface area is 141 Å². The Balaban J connectivity index is 1.71. The lowest BCUT2D eigenvalue weighted by atomic mass is 10.1. The van der Waals surface area contributed by atoms with Crippen molar-refractivity contribution >= 4 is 5.69 Å². The number of nitrogens with two attached hydrogens (primary N) is 1. The van der Waals surface area contributed by atoms with Crippen LogP contribution in [0.3, 0.4) is 0 Å². The quantitative estimate of drug-likeness (QED) is 0.724. The molecule has 3 N–H and O–H groups in total. The SMILES string of the molecule is N[C@H](CNc1cc(F)ccc1-c1ccccn1)Cc1ccccc1. The lowest BCUT2D eigenvalue weighted by Gasteiger charge is -2.16. The number of aromatic nitrogens is 1. The van der Waals surface area contributed by atoms with Crippen molar-refractivity contribution in [1.82, 2.24) is 4.98 Å². The molecular weight excluding hydrogens is 301 g/mol. The fraction of sp³-hybridized carbons (Fsp3) is 0.150. The van der Waals surface area contributed by atoms with Crippen LogP contribution in [-0.2, 0) is 6.42 Å². The zero-order valence-electron chi connectivity index (χ0n) is 13.3. The average Bonchev–Trinajstić information content (AvgIpc) is 2.62. The first-order valence-corrected chi connectivity index (χ1v) is 7.97. The van der Waals surface area contributed by atoms with E-state index in [1.54, 1.807) is 12.3 Å². The summed E-state index contributed by atoms with van der Waals surface area (Å²) in [7, 11) is 0. The molecule has 0 fully saturated rings. The first kappa shape index (κ1) is 16.1. The molecule has 0 saturated carbocycles. The topological polar surface area (TPSA) is 50.9 Å². The highest BCUT2D eigenvalue weighted by molar-refractivity contribution is 5.75. The molecule has 24 heavy (non-hydrogen) atoms. The van der Waals surface area contributed by atoms with E-state index in [9.17, 15) is 4.39 Å². The lowest BCUT2D eigenvalue weighted by Crippen LogP contribution is -2.31. The van der Waals surface area contributed by atoms with Gasteiger partial charge in [0.2, 0.25) is 0 Å². The number of pyridine rings is 1. The fourth-order valence-corrected chi connectivity index (χ4v) is 2.64. The Hall–Kier alpha value is -2.72. The Morgan fingerprint density at radius 1 is 1.00 bits per heavy atom. The van der Waals surface area contributed by atoms with E-state index >= 15 is 0 Å². The smallest absolute Gasteiger partial charge is 0.125 e. The van der Waals surface area contributed by atoms with Gasteiger partial charge in [0, 0.05) is 30.0 Å². The van der Waals surface area contributed by atoms with Crippen LogP contribution in [0.15, 0.2) is 72.9 Å². The third kappa shape index (κ3) is 4.18. The molecule has 0 radical (unpaired) electrons. The Kier molecular flexibility index (Phi) is 5.18. The standard InChI is InChI=1S/C20H20FN3/c21-16-9-10-18(19-8-4-5-11-23-19)20(13-16)24-14-17(22)12-15-6-2-1-3-7-15/h1-11,13,17,24H,12,14,22H2/t17-/m0/s1. The second kappa shape index (κ2) is 7.70. The van der Waals surface area contributed by atoms with Crippen LogP contribution in [0.25, 0.3) is 11.3 Å². The number of halogens is 1. The van der Waals surface area contributed by atoms with Crippen LogP contribution < -0.4 is 11.1 Å². The van der Waals surface area contributed by atoms with Crippen LogP contribution in [0.1, 0.15) is 5.56 Å². The number of hydrogen-bond acceptors (Lipinski definition) is 3. The van der Waals surface area contributed by atoms with Crippen molar-refractivity contribution in [3.05, 3.63) is 84.3 Å². The Morgan fingerprint density at radius 2 is 1.79 bits per heavy atom. The Bertz CT molecular complexity index is 775. The fourth-order valence-electron chi connectivity index (χ4n) is 2.64. The van der Waals surface area contributed by atoms with Gasteiger partial charge in [0.25, 0.3) is 0 Å². The molecule has 2 aromatic carbocycles. The van der Waals surface area contributed by atoms with Gasteiger partial charge in [0.05, 0.1) is 5.69 Å². The average molecular weight is 321 g/mol. The van der Waals surface area contributed by atoms with Gasteiger partial charge in [-0.2, -0.15) is 0 Å². The van der Waals surface area contributed by atoms with E-state index in [0.717, 1.165) is 17.7 Å². The summed E-state index contributed by atoms with van der Waals surface area (Å²) in [5, 5.41) is 3.27. The van der Waals surface area contributed by atoms with Crippen molar-refractivity contribution in [3.63, 3.8) is 0 Å². The van der Waals surface area contributed by atoms with Crippen LogP contribution in [0, 0.1) is 5.82 Å². The predicted molar refractivity (Wildman–Crippen MR) is 96.2 cm³/mol. The molecule has 3 aromatic rings. The van der Waals surface area contributed by atoms with Crippen LogP contribution >= 0.6 is 0 Å². The molecule has 1 heterocycles. The minimum atomic E-state index is -0.284. The summed E-state index contributed by atoms with van der Waals surface area (Å²) < 4.78 is 13.6. The molecule has 0 amide bonds. The van der Waals surface area contributed by atoms with Gasteiger partial charge in [0.1, 0.15) is 5.82 Å². The van der Waals surface area contributed by atoms with Crippen molar-refractivity contribution in [2.45, 2.75) is 12.5 Å². The minimum Gasteiger partial charge on any atom is -0.383 e. The highest BCUT2D eigenvalue weighted by Gasteiger charge is 2.10. The predicted octanol–water partition coefficient (Wildman–Crippen LogP) is 3.87. The summed E-state index contributed by atoms with van der Waals surface area (Å²) >= 11 is 0. The molecule has 0 bridgehead atoms. The second-order valence-corrected chi connectivity index (χ2v) is 5.74. The summed E-state index contributed by atoms with van der Waals surface area (Å²) in [6.45, 7) is 0.554. The molecule has 1 atom stereocenters. The molecule has 0 unspecified atom stereocenters. The molecule has 0 aliphatic heterocycles. The number of anilines is 1. The molecule has 4 heteroatoms. The van der Waals surface area contributed by atoms with Gasteiger partial charge < -0.3 is 11.1 Å². The van der Waals surface area contributed by atoms with Crippen molar-refractivity contribution < 1.29 is 4.39 Å². The number of nitrogens with one attached hydrogen (secondary N) is 1. The zero-order chi connectivity index (χ0) is 16.8. The minimum absolute atomic E-state index is 0.0627. The Morgan fingerprint density at radius 3 is 2.54 bits per heavy atom. The van der Waals surface area contributed by atoms with E-state index in [-0.39, 0.29) is 11.9 Å². The van der Waals surface area contributed by atoms with E-state index in [0.29, 0.717) is 12.2 Å². The second-order valence-electron chi connectivity index (χ2n) is 5.74. The van der Waals surface area contributed by atoms with Crippen molar-refractivity contribution in [1.29, 1.82) is 0 Å². The monoisotopic (exact) mass is 321 g/mol. The number of nitrogens with zero attached hydrogens (tertiary/aromatic N) is 1. The van der Waals surface area contributed by atoms with Gasteiger partial charge in [-0.1, -0.05) is 36.4 Å². The highest BCUT2D eigenvalue weighted by Crippen LogP contribution is 2.27. The molecule has 0 aliphatic rings. The zero-order valence-corrected chi connectivity index (χ0v) is 13.3. The van der Waals surface area contributed by atoms with E-state index in [1.165, 1.54) is 17.7 Å². The maximum Gasteiger partial charge on any atom is 0.125 e. The summed E-state index contributed by atoms with van der Waals surface area (Å²) in [6, 6.07) is 20.4. The first-order chi connectivity index (χ1) is 11.7. The molecule has 0 spiro atoms. The molecule has 0 aliphatic carbocycles. The van der Waals surface area contributed by atoms with Gasteiger partial charge in [-0.15, -0.1) is 0 Å². The van der Waals surface area contributed by atoms with Crippen LogP contribution in [0.2, 0.25) is 0 Å². The maximum atomic E-state index is 13.6. The normalized spacial score (nSPS) is 11.9. The third-order valence-corrected chi connectivity index (χ3v) is 3.82. The molecular formula is C20H20FN3. The largest absolute Gasteiger partial charge is 0.383 e. The van der Waals surface area contributed by atoms with Crippen LogP contribution in [0.5, 0.6) is 0 Å². The van der Waals surface area contributed by atoms with Crippen LogP contribution in [0.4, 0.5) is 10.1 Å². The molecule has 1 aromatic heterocycles. The highest BCUT2D eigenvalue weighted by atomic mass is 19.1. The number of hydrogen-bond donors (Lipinski definition) is 2. The van der Waals surface area contributed by atoms with Gasteiger partial charge in [-0.3, -0.25) is 4.98 Å². The van der Waals surface area contributed by atoms with E-state index in [4.69, 9.17) is 5.73 Å².